The largest absolute Gasteiger partial charge is 0.463 e. The summed E-state index contributed by atoms with van der Waals surface area (Å²) in [5.74, 6) is -0.415. The van der Waals surface area contributed by atoms with E-state index < -0.39 is 5.97 Å². The minimum absolute atomic E-state index is 0.192. The Labute approximate surface area is 107 Å². The first kappa shape index (κ1) is 14.3. The van der Waals surface area contributed by atoms with Gasteiger partial charge >= 0.3 is 12.1 Å². The number of carbonyl (C=O) groups is 2. The van der Waals surface area contributed by atoms with Gasteiger partial charge in [-0.05, 0) is 13.3 Å². The topological polar surface area (TPSA) is 55.8 Å². The minimum atomic E-state index is -0.415. The van der Waals surface area contributed by atoms with Crippen LogP contribution < -0.4 is 0 Å². The van der Waals surface area contributed by atoms with E-state index >= 15 is 0 Å². The van der Waals surface area contributed by atoms with Crippen LogP contribution in [0.2, 0.25) is 0 Å². The summed E-state index contributed by atoms with van der Waals surface area (Å²) in [4.78, 5) is 24.6. The van der Waals surface area contributed by atoms with E-state index in [-0.39, 0.29) is 12.1 Å². The van der Waals surface area contributed by atoms with Gasteiger partial charge in [-0.15, -0.1) is 0 Å². The predicted octanol–water partition coefficient (Wildman–Crippen LogP) is 1.89. The minimum Gasteiger partial charge on any atom is -0.463 e. The second-order valence-corrected chi connectivity index (χ2v) is 3.98. The smallest absolute Gasteiger partial charge is 0.409 e. The maximum atomic E-state index is 11.6. The Balaban J connectivity index is 2.65. The zero-order chi connectivity index (χ0) is 13.5. The highest BCUT2D eigenvalue weighted by Crippen LogP contribution is 2.18. The quantitative estimate of drug-likeness (QED) is 0.436. The zero-order valence-electron chi connectivity index (χ0n) is 10.8. The first-order chi connectivity index (χ1) is 8.60. The van der Waals surface area contributed by atoms with E-state index in [1.54, 1.807) is 11.8 Å². The molecule has 0 saturated heterocycles. The van der Waals surface area contributed by atoms with E-state index in [0.29, 0.717) is 25.1 Å². The summed E-state index contributed by atoms with van der Waals surface area (Å²) >= 11 is 0. The fourth-order valence-corrected chi connectivity index (χ4v) is 1.83. The summed E-state index contributed by atoms with van der Waals surface area (Å²) in [5.41, 5.74) is 0.363. The number of methoxy groups -OCH3 is 1. The van der Waals surface area contributed by atoms with Gasteiger partial charge in [0, 0.05) is 18.5 Å². The van der Waals surface area contributed by atoms with Gasteiger partial charge in [-0.25, -0.2) is 9.59 Å². The molecule has 0 radical (unpaired) electrons. The number of esters is 1. The van der Waals surface area contributed by atoms with E-state index in [4.69, 9.17) is 9.47 Å². The number of rotatable bonds is 4. The van der Waals surface area contributed by atoms with Crippen LogP contribution in [-0.4, -0.2) is 43.3 Å². The van der Waals surface area contributed by atoms with Crippen LogP contribution in [0.1, 0.15) is 19.8 Å². The molecule has 0 bridgehead atoms. The summed E-state index contributed by atoms with van der Waals surface area (Å²) < 4.78 is 9.59. The lowest BCUT2D eigenvalue weighted by Crippen LogP contribution is -2.42. The first-order valence-electron chi connectivity index (χ1n) is 5.96. The molecule has 1 rings (SSSR count). The Morgan fingerprint density at radius 3 is 2.83 bits per heavy atom. The molecule has 0 spiro atoms. The second kappa shape index (κ2) is 6.83. The Kier molecular flexibility index (Phi) is 5.42. The third-order valence-electron chi connectivity index (χ3n) is 2.72. The molecule has 100 valence electrons. The van der Waals surface area contributed by atoms with Gasteiger partial charge in [0.25, 0.3) is 0 Å². The first-order valence-corrected chi connectivity index (χ1v) is 5.96. The average Bonchev–Trinajstić information content (AvgIpc) is 2.38. The SMILES string of the molecule is C=C(CC1C=CCCN1C(=O)OC)C(=O)OCC. The molecule has 0 aromatic carbocycles. The van der Waals surface area contributed by atoms with Crippen molar-refractivity contribution in [3.05, 3.63) is 24.3 Å². The van der Waals surface area contributed by atoms with Crippen LogP contribution in [0.25, 0.3) is 0 Å². The summed E-state index contributed by atoms with van der Waals surface area (Å²) in [6, 6.07) is -0.192. The fourth-order valence-electron chi connectivity index (χ4n) is 1.83. The molecule has 1 aliphatic heterocycles. The molecule has 5 heteroatoms. The zero-order valence-corrected chi connectivity index (χ0v) is 10.8. The predicted molar refractivity (Wildman–Crippen MR) is 67.0 cm³/mol. The number of hydrogen-bond acceptors (Lipinski definition) is 4. The van der Waals surface area contributed by atoms with Crippen molar-refractivity contribution in [2.45, 2.75) is 25.8 Å². The van der Waals surface area contributed by atoms with Gasteiger partial charge < -0.3 is 14.4 Å². The maximum absolute atomic E-state index is 11.6. The normalized spacial score (nSPS) is 18.3. The van der Waals surface area contributed by atoms with Crippen LogP contribution in [0.5, 0.6) is 0 Å². The standard InChI is InChI=1S/C13H19NO4/c1-4-18-12(15)10(2)9-11-7-5-6-8-14(11)13(16)17-3/h5,7,11H,2,4,6,8-9H2,1,3H3. The van der Waals surface area contributed by atoms with Crippen molar-refractivity contribution in [1.82, 2.24) is 4.90 Å². The van der Waals surface area contributed by atoms with E-state index in [1.807, 2.05) is 12.2 Å². The summed E-state index contributed by atoms with van der Waals surface area (Å²) in [7, 11) is 1.35. The fraction of sp³-hybridized carbons (Fsp3) is 0.538. The average molecular weight is 253 g/mol. The molecule has 1 amide bonds. The van der Waals surface area contributed by atoms with Gasteiger partial charge in [0.1, 0.15) is 0 Å². The van der Waals surface area contributed by atoms with Gasteiger partial charge in [-0.1, -0.05) is 18.7 Å². The number of hydrogen-bond donors (Lipinski definition) is 0. The summed E-state index contributed by atoms with van der Waals surface area (Å²) in [5, 5.41) is 0. The molecule has 0 aromatic heterocycles. The summed E-state index contributed by atoms with van der Waals surface area (Å²) in [6.07, 6.45) is 4.65. The Morgan fingerprint density at radius 2 is 2.22 bits per heavy atom. The van der Waals surface area contributed by atoms with Gasteiger partial charge in [-0.3, -0.25) is 0 Å². The van der Waals surface area contributed by atoms with Gasteiger partial charge in [0.2, 0.25) is 0 Å². The Bertz CT molecular complexity index is 362. The van der Waals surface area contributed by atoms with Crippen LogP contribution in [0.4, 0.5) is 4.79 Å². The lowest BCUT2D eigenvalue weighted by Gasteiger charge is -2.31. The van der Waals surface area contributed by atoms with Crippen molar-refractivity contribution in [2.24, 2.45) is 0 Å². The van der Waals surface area contributed by atoms with Gasteiger partial charge in [-0.2, -0.15) is 0 Å². The van der Waals surface area contributed by atoms with E-state index in [9.17, 15) is 9.59 Å². The van der Waals surface area contributed by atoms with Crippen molar-refractivity contribution in [3.63, 3.8) is 0 Å². The number of amides is 1. The van der Waals surface area contributed by atoms with E-state index in [1.165, 1.54) is 7.11 Å². The molecule has 5 nitrogen and oxygen atoms in total. The van der Waals surface area contributed by atoms with Gasteiger partial charge in [0.05, 0.1) is 19.8 Å². The molecule has 1 aliphatic rings. The highest BCUT2D eigenvalue weighted by atomic mass is 16.5. The molecular formula is C13H19NO4. The molecule has 1 atom stereocenters. The van der Waals surface area contributed by atoms with Crippen molar-refractivity contribution >= 4 is 12.1 Å². The van der Waals surface area contributed by atoms with Crippen molar-refractivity contribution in [2.75, 3.05) is 20.3 Å². The molecular weight excluding hydrogens is 234 g/mol. The molecule has 0 fully saturated rings. The van der Waals surface area contributed by atoms with Crippen LogP contribution in [0, 0.1) is 0 Å². The summed E-state index contributed by atoms with van der Waals surface area (Å²) in [6.45, 7) is 6.35. The van der Waals surface area contributed by atoms with E-state index in [0.717, 1.165) is 6.42 Å². The number of nitrogens with zero attached hydrogens (tertiary/aromatic N) is 1. The highest BCUT2D eigenvalue weighted by Gasteiger charge is 2.26. The Morgan fingerprint density at radius 1 is 1.50 bits per heavy atom. The van der Waals surface area contributed by atoms with Crippen LogP contribution >= 0.6 is 0 Å². The number of ether oxygens (including phenoxy) is 2. The molecule has 1 unspecified atom stereocenters. The Hall–Kier alpha value is -1.78. The second-order valence-electron chi connectivity index (χ2n) is 3.98. The van der Waals surface area contributed by atoms with Crippen LogP contribution in [0.3, 0.4) is 0 Å². The van der Waals surface area contributed by atoms with Crippen LogP contribution in [0.15, 0.2) is 24.3 Å². The molecule has 0 N–H and O–H groups in total. The lowest BCUT2D eigenvalue weighted by atomic mass is 10.0. The molecule has 0 saturated carbocycles. The lowest BCUT2D eigenvalue weighted by molar-refractivity contribution is -0.138. The molecule has 18 heavy (non-hydrogen) atoms. The highest BCUT2D eigenvalue weighted by molar-refractivity contribution is 5.88. The van der Waals surface area contributed by atoms with Gasteiger partial charge in [0.15, 0.2) is 0 Å². The van der Waals surface area contributed by atoms with E-state index in [2.05, 4.69) is 6.58 Å². The van der Waals surface area contributed by atoms with Crippen molar-refractivity contribution in [1.29, 1.82) is 0 Å². The molecule has 0 aromatic rings. The van der Waals surface area contributed by atoms with Crippen molar-refractivity contribution in [3.8, 4) is 0 Å². The molecule has 0 aliphatic carbocycles. The monoisotopic (exact) mass is 253 g/mol. The third-order valence-corrected chi connectivity index (χ3v) is 2.72. The van der Waals surface area contributed by atoms with Crippen molar-refractivity contribution < 1.29 is 19.1 Å². The molecule has 1 heterocycles. The maximum Gasteiger partial charge on any atom is 0.409 e. The number of carbonyl (C=O) groups excluding carboxylic acids is 2. The van der Waals surface area contributed by atoms with Crippen LogP contribution in [-0.2, 0) is 14.3 Å². The third kappa shape index (κ3) is 3.61.